The van der Waals surface area contributed by atoms with Gasteiger partial charge in [0.25, 0.3) is 0 Å². The summed E-state index contributed by atoms with van der Waals surface area (Å²) < 4.78 is 0. The second-order valence-electron chi connectivity index (χ2n) is 5.14. The molecule has 3 rings (SSSR count). The maximum Gasteiger partial charge on any atom is 0.171 e. The van der Waals surface area contributed by atoms with Crippen molar-refractivity contribution in [3.63, 3.8) is 0 Å². The molecule has 2 aromatic rings. The summed E-state index contributed by atoms with van der Waals surface area (Å²) in [6.45, 7) is 2.17. The minimum Gasteiger partial charge on any atom is -0.384 e. The van der Waals surface area contributed by atoms with Crippen molar-refractivity contribution < 1.29 is 0 Å². The number of aromatic nitrogens is 2. The van der Waals surface area contributed by atoms with E-state index in [9.17, 15) is 0 Å². The van der Waals surface area contributed by atoms with Gasteiger partial charge in [-0.25, -0.2) is 9.97 Å². The molecular weight excluding hydrogens is 254 g/mol. The van der Waals surface area contributed by atoms with E-state index in [1.165, 1.54) is 30.6 Å². The number of nitrogens with two attached hydrogens (primary N) is 1. The van der Waals surface area contributed by atoms with Gasteiger partial charge in [0, 0.05) is 22.6 Å². The molecule has 1 fully saturated rings. The van der Waals surface area contributed by atoms with Gasteiger partial charge in [0.05, 0.1) is 4.88 Å². The molecule has 0 aliphatic heterocycles. The zero-order valence-electron chi connectivity index (χ0n) is 11.2. The highest BCUT2D eigenvalue weighted by Gasteiger charge is 2.20. The van der Waals surface area contributed by atoms with Gasteiger partial charge in [-0.3, -0.25) is 0 Å². The van der Waals surface area contributed by atoms with Crippen LogP contribution in [0.4, 0.5) is 5.82 Å². The molecule has 19 heavy (non-hydrogen) atoms. The molecule has 2 heterocycles. The maximum atomic E-state index is 5.96. The maximum absolute atomic E-state index is 5.96. The van der Waals surface area contributed by atoms with Crippen molar-refractivity contribution in [3.05, 3.63) is 28.8 Å². The van der Waals surface area contributed by atoms with Crippen molar-refractivity contribution in [1.29, 1.82) is 0 Å². The summed E-state index contributed by atoms with van der Waals surface area (Å²) in [5.74, 6) is 1.97. The molecule has 100 valence electrons. The lowest BCUT2D eigenvalue weighted by molar-refractivity contribution is 0.696. The van der Waals surface area contributed by atoms with E-state index in [0.29, 0.717) is 11.7 Å². The number of hydrogen-bond acceptors (Lipinski definition) is 4. The van der Waals surface area contributed by atoms with Crippen molar-refractivity contribution >= 4 is 17.2 Å². The van der Waals surface area contributed by atoms with Crippen molar-refractivity contribution in [2.24, 2.45) is 0 Å². The topological polar surface area (TPSA) is 51.8 Å². The van der Waals surface area contributed by atoms with Crippen LogP contribution in [0.2, 0.25) is 0 Å². The van der Waals surface area contributed by atoms with E-state index < -0.39 is 0 Å². The largest absolute Gasteiger partial charge is 0.384 e. The van der Waals surface area contributed by atoms with Crippen molar-refractivity contribution in [1.82, 2.24) is 9.97 Å². The SMILES string of the molecule is CCc1ccc(-c2nc(N)cc(C3CCCC3)n2)s1. The average Bonchev–Trinajstić information content (AvgIpc) is 3.09. The fraction of sp³-hybridized carbons (Fsp3) is 0.467. The summed E-state index contributed by atoms with van der Waals surface area (Å²) in [6, 6.07) is 6.21. The first-order valence-electron chi connectivity index (χ1n) is 7.00. The van der Waals surface area contributed by atoms with Crippen molar-refractivity contribution in [3.8, 4) is 10.7 Å². The highest BCUT2D eigenvalue weighted by atomic mass is 32.1. The monoisotopic (exact) mass is 273 g/mol. The molecule has 2 N–H and O–H groups in total. The van der Waals surface area contributed by atoms with Crippen LogP contribution in [0.25, 0.3) is 10.7 Å². The van der Waals surface area contributed by atoms with E-state index in [1.807, 2.05) is 6.07 Å². The van der Waals surface area contributed by atoms with Crippen molar-refractivity contribution in [2.45, 2.75) is 44.9 Å². The summed E-state index contributed by atoms with van der Waals surface area (Å²) in [4.78, 5) is 11.6. The minimum absolute atomic E-state index is 0.578. The molecule has 2 aromatic heterocycles. The second kappa shape index (κ2) is 5.29. The smallest absolute Gasteiger partial charge is 0.171 e. The van der Waals surface area contributed by atoms with Gasteiger partial charge >= 0.3 is 0 Å². The molecule has 4 heteroatoms. The lowest BCUT2D eigenvalue weighted by atomic mass is 10.0. The van der Waals surface area contributed by atoms with Gasteiger partial charge in [-0.2, -0.15) is 0 Å². The van der Waals surface area contributed by atoms with Gasteiger partial charge in [0.1, 0.15) is 5.82 Å². The summed E-state index contributed by atoms with van der Waals surface area (Å²) in [7, 11) is 0. The standard InChI is InChI=1S/C15H19N3S/c1-2-11-7-8-13(19-11)15-17-12(9-14(16)18-15)10-5-3-4-6-10/h7-10H,2-6H2,1H3,(H2,16,17,18). The number of nitrogens with zero attached hydrogens (tertiary/aromatic N) is 2. The van der Waals surface area contributed by atoms with E-state index in [1.54, 1.807) is 11.3 Å². The van der Waals surface area contributed by atoms with Crippen LogP contribution in [0.1, 0.15) is 49.1 Å². The molecule has 1 aliphatic carbocycles. The number of rotatable bonds is 3. The van der Waals surface area contributed by atoms with Gasteiger partial charge in [0.15, 0.2) is 5.82 Å². The van der Waals surface area contributed by atoms with Crippen LogP contribution in [0.15, 0.2) is 18.2 Å². The van der Waals surface area contributed by atoms with Gasteiger partial charge in [0.2, 0.25) is 0 Å². The van der Waals surface area contributed by atoms with Crippen LogP contribution in [-0.2, 0) is 6.42 Å². The lowest BCUT2D eigenvalue weighted by Gasteiger charge is -2.10. The molecule has 0 aromatic carbocycles. The number of anilines is 1. The number of hydrogen-bond donors (Lipinski definition) is 1. The first kappa shape index (κ1) is 12.6. The first-order valence-corrected chi connectivity index (χ1v) is 7.81. The highest BCUT2D eigenvalue weighted by Crippen LogP contribution is 2.35. The molecule has 0 radical (unpaired) electrons. The summed E-state index contributed by atoms with van der Waals surface area (Å²) in [5.41, 5.74) is 7.09. The summed E-state index contributed by atoms with van der Waals surface area (Å²) >= 11 is 1.77. The average molecular weight is 273 g/mol. The fourth-order valence-electron chi connectivity index (χ4n) is 2.71. The van der Waals surface area contributed by atoms with E-state index >= 15 is 0 Å². The van der Waals surface area contributed by atoms with Crippen LogP contribution in [0.5, 0.6) is 0 Å². The quantitative estimate of drug-likeness (QED) is 0.919. The third-order valence-corrected chi connectivity index (χ3v) is 5.00. The van der Waals surface area contributed by atoms with Gasteiger partial charge in [-0.05, 0) is 31.4 Å². The predicted octanol–water partition coefficient (Wildman–Crippen LogP) is 4.01. The molecule has 1 aliphatic rings. The van der Waals surface area contributed by atoms with E-state index in [4.69, 9.17) is 10.7 Å². The first-order chi connectivity index (χ1) is 9.26. The summed E-state index contributed by atoms with van der Waals surface area (Å²) in [5, 5.41) is 0. The Kier molecular flexibility index (Phi) is 3.51. The molecule has 0 unspecified atom stereocenters. The molecular formula is C15H19N3S. The van der Waals surface area contributed by atoms with E-state index in [-0.39, 0.29) is 0 Å². The van der Waals surface area contributed by atoms with Crippen molar-refractivity contribution in [2.75, 3.05) is 5.73 Å². The highest BCUT2D eigenvalue weighted by molar-refractivity contribution is 7.15. The van der Waals surface area contributed by atoms with Crippen LogP contribution < -0.4 is 5.73 Å². The Morgan fingerprint density at radius 3 is 2.74 bits per heavy atom. The molecule has 0 saturated heterocycles. The number of aryl methyl sites for hydroxylation is 1. The predicted molar refractivity (Wildman–Crippen MR) is 80.3 cm³/mol. The Hall–Kier alpha value is -1.42. The van der Waals surface area contributed by atoms with Crippen LogP contribution in [0, 0.1) is 0 Å². The van der Waals surface area contributed by atoms with Gasteiger partial charge < -0.3 is 5.73 Å². The van der Waals surface area contributed by atoms with Crippen LogP contribution >= 0.6 is 11.3 Å². The lowest BCUT2D eigenvalue weighted by Crippen LogP contribution is -2.02. The molecule has 0 atom stereocenters. The molecule has 1 saturated carbocycles. The van der Waals surface area contributed by atoms with E-state index in [0.717, 1.165) is 22.8 Å². The third kappa shape index (κ3) is 2.63. The van der Waals surface area contributed by atoms with Crippen LogP contribution in [-0.4, -0.2) is 9.97 Å². The Morgan fingerprint density at radius 1 is 1.26 bits per heavy atom. The third-order valence-electron chi connectivity index (χ3n) is 3.77. The molecule has 3 nitrogen and oxygen atoms in total. The van der Waals surface area contributed by atoms with Gasteiger partial charge in [-0.15, -0.1) is 11.3 Å². The fourth-order valence-corrected chi connectivity index (χ4v) is 3.60. The number of nitrogen functional groups attached to an aromatic ring is 1. The molecule has 0 bridgehead atoms. The summed E-state index contributed by atoms with van der Waals surface area (Å²) in [6.07, 6.45) is 6.15. The normalized spacial score (nSPS) is 16.1. The Morgan fingerprint density at radius 2 is 2.05 bits per heavy atom. The zero-order valence-corrected chi connectivity index (χ0v) is 12.0. The Labute approximate surface area is 117 Å². The Balaban J connectivity index is 1.96. The van der Waals surface area contributed by atoms with E-state index in [2.05, 4.69) is 24.0 Å². The Bertz CT molecular complexity index is 571. The molecule has 0 spiro atoms. The minimum atomic E-state index is 0.578. The zero-order chi connectivity index (χ0) is 13.2. The second-order valence-corrected chi connectivity index (χ2v) is 6.31. The number of thiophene rings is 1. The van der Waals surface area contributed by atoms with Gasteiger partial charge in [-0.1, -0.05) is 19.8 Å². The van der Waals surface area contributed by atoms with Crippen LogP contribution in [0.3, 0.4) is 0 Å². The molecule has 0 amide bonds.